The molecule has 1 saturated heterocycles. The highest BCUT2D eigenvalue weighted by Crippen LogP contribution is 2.39. The van der Waals surface area contributed by atoms with Crippen molar-refractivity contribution in [1.82, 2.24) is 31.0 Å². The summed E-state index contributed by atoms with van der Waals surface area (Å²) in [4.78, 5) is 23.5. The van der Waals surface area contributed by atoms with Crippen LogP contribution in [0.4, 0.5) is 0 Å². The van der Waals surface area contributed by atoms with Crippen LogP contribution in [0.2, 0.25) is 0 Å². The van der Waals surface area contributed by atoms with Gasteiger partial charge in [-0.2, -0.15) is 0 Å². The number of amides is 2. The van der Waals surface area contributed by atoms with Crippen molar-refractivity contribution in [2.45, 2.75) is 68.9 Å². The summed E-state index contributed by atoms with van der Waals surface area (Å²) in [5, 5.41) is 33.5. The summed E-state index contributed by atoms with van der Waals surface area (Å²) in [6.07, 6.45) is 1.29. The molecule has 0 saturated carbocycles. The zero-order chi connectivity index (χ0) is 32.3. The van der Waals surface area contributed by atoms with Crippen LogP contribution in [0.25, 0.3) is 11.1 Å². The number of nitrogens with one attached hydrogen (secondary N) is 2. The molecule has 3 atom stereocenters. The number of aromatic nitrogens is 4. The number of thioether (sulfide) groups is 1. The van der Waals surface area contributed by atoms with Crippen molar-refractivity contribution in [3.8, 4) is 11.1 Å². The number of carbonyl (C=O) groups excluding carboxylic acids is 2. The molecule has 0 aliphatic carbocycles. The number of aryl methyl sites for hydroxylation is 1. The van der Waals surface area contributed by atoms with Crippen molar-refractivity contribution >= 4 is 23.6 Å². The number of hydroxylamine groups is 1. The van der Waals surface area contributed by atoms with E-state index in [1.807, 2.05) is 72.8 Å². The Hall–Kier alpha value is -4.14. The maximum absolute atomic E-state index is 12.4. The second-order valence-electron chi connectivity index (χ2n) is 11.0. The molecule has 0 radical (unpaired) electrons. The van der Waals surface area contributed by atoms with E-state index >= 15 is 0 Å². The summed E-state index contributed by atoms with van der Waals surface area (Å²) in [7, 11) is 1.81. The van der Waals surface area contributed by atoms with Crippen LogP contribution in [0.3, 0.4) is 0 Å². The van der Waals surface area contributed by atoms with Crippen LogP contribution in [0.5, 0.6) is 0 Å². The Morgan fingerprint density at radius 3 is 2.37 bits per heavy atom. The molecule has 1 aromatic heterocycles. The molecule has 12 nitrogen and oxygen atoms in total. The second-order valence-corrected chi connectivity index (χ2v) is 12.0. The molecule has 46 heavy (non-hydrogen) atoms. The number of benzene rings is 3. The van der Waals surface area contributed by atoms with Gasteiger partial charge in [0.05, 0.1) is 18.8 Å². The number of carbonyl (C=O) groups is 2. The van der Waals surface area contributed by atoms with Gasteiger partial charge < -0.3 is 19.9 Å². The Kier molecular flexibility index (Phi) is 11.9. The standard InChI is InChI=1S/C33H38N6O6S/c1-39-33(35-37-38-39)46-21-27-18-29(24-12-10-22(20-40)11-13-24)45-32(44-27)25-16-14-23(15-17-25)28-7-3-2-6-26(28)19-34-30(41)8-4-5-9-31(42)36-43/h2-3,6-7,10-17,27,29,32,40,43H,4-5,8-9,18-21H2,1H3,(H,34,41)(H,36,42)/t27-,29+,32+/m1/s1. The number of hydrogen-bond donors (Lipinski definition) is 4. The summed E-state index contributed by atoms with van der Waals surface area (Å²) in [6, 6.07) is 23.8. The summed E-state index contributed by atoms with van der Waals surface area (Å²) in [5.41, 5.74) is 7.33. The van der Waals surface area contributed by atoms with Gasteiger partial charge >= 0.3 is 0 Å². The summed E-state index contributed by atoms with van der Waals surface area (Å²) >= 11 is 1.53. The van der Waals surface area contributed by atoms with E-state index in [9.17, 15) is 14.7 Å². The molecule has 1 aliphatic heterocycles. The van der Waals surface area contributed by atoms with Gasteiger partial charge in [-0.05, 0) is 51.1 Å². The fraction of sp³-hybridized carbons (Fsp3) is 0.364. The van der Waals surface area contributed by atoms with E-state index in [1.165, 1.54) is 11.8 Å². The molecule has 0 unspecified atom stereocenters. The number of unbranched alkanes of at least 4 members (excludes halogenated alkanes) is 1. The van der Waals surface area contributed by atoms with Crippen molar-refractivity contribution in [3.05, 3.63) is 95.1 Å². The third kappa shape index (κ3) is 8.98. The molecule has 13 heteroatoms. The van der Waals surface area contributed by atoms with Gasteiger partial charge in [0.1, 0.15) is 0 Å². The Morgan fingerprint density at radius 2 is 1.67 bits per heavy atom. The van der Waals surface area contributed by atoms with E-state index < -0.39 is 12.2 Å². The molecule has 3 aromatic carbocycles. The Morgan fingerprint density at radius 1 is 0.957 bits per heavy atom. The van der Waals surface area contributed by atoms with Crippen molar-refractivity contribution in [3.63, 3.8) is 0 Å². The molecule has 242 valence electrons. The lowest BCUT2D eigenvalue weighted by molar-refractivity contribution is -0.245. The predicted molar refractivity (Wildman–Crippen MR) is 170 cm³/mol. The maximum Gasteiger partial charge on any atom is 0.243 e. The minimum Gasteiger partial charge on any atom is -0.392 e. The molecule has 2 heterocycles. The first-order valence-corrected chi connectivity index (χ1v) is 16.2. The lowest BCUT2D eigenvalue weighted by Gasteiger charge is -2.36. The number of ether oxygens (including phenoxy) is 2. The Bertz CT molecular complexity index is 1580. The lowest BCUT2D eigenvalue weighted by Crippen LogP contribution is -2.31. The lowest BCUT2D eigenvalue weighted by atomic mass is 9.97. The molecular formula is C33H38N6O6S. The number of aliphatic hydroxyl groups excluding tert-OH is 1. The summed E-state index contributed by atoms with van der Waals surface area (Å²) in [6.45, 7) is 0.359. The van der Waals surface area contributed by atoms with Crippen LogP contribution in [0.1, 0.15) is 66.8 Å². The number of rotatable bonds is 14. The zero-order valence-electron chi connectivity index (χ0n) is 25.5. The van der Waals surface area contributed by atoms with Gasteiger partial charge in [-0.1, -0.05) is 84.6 Å². The van der Waals surface area contributed by atoms with E-state index in [2.05, 4.69) is 20.8 Å². The first kappa shape index (κ1) is 33.2. The van der Waals surface area contributed by atoms with E-state index in [-0.39, 0.29) is 31.1 Å². The molecule has 1 aliphatic rings. The van der Waals surface area contributed by atoms with E-state index in [0.717, 1.165) is 33.4 Å². The third-order valence-electron chi connectivity index (χ3n) is 7.76. The molecule has 5 rings (SSSR count). The highest BCUT2D eigenvalue weighted by molar-refractivity contribution is 7.99. The minimum atomic E-state index is -0.591. The first-order chi connectivity index (χ1) is 22.4. The van der Waals surface area contributed by atoms with Gasteiger partial charge in [0.25, 0.3) is 0 Å². The monoisotopic (exact) mass is 646 g/mol. The average molecular weight is 647 g/mol. The van der Waals surface area contributed by atoms with Crippen molar-refractivity contribution in [1.29, 1.82) is 0 Å². The molecule has 2 amide bonds. The van der Waals surface area contributed by atoms with Crippen molar-refractivity contribution < 1.29 is 29.4 Å². The van der Waals surface area contributed by atoms with Gasteiger partial charge in [-0.3, -0.25) is 14.8 Å². The minimum absolute atomic E-state index is 0.0161. The molecule has 0 bridgehead atoms. The van der Waals surface area contributed by atoms with E-state index in [0.29, 0.717) is 43.1 Å². The first-order valence-electron chi connectivity index (χ1n) is 15.2. The molecule has 4 aromatic rings. The highest BCUT2D eigenvalue weighted by atomic mass is 32.2. The van der Waals surface area contributed by atoms with Crippen LogP contribution in [-0.4, -0.2) is 54.2 Å². The zero-order valence-corrected chi connectivity index (χ0v) is 26.4. The van der Waals surface area contributed by atoms with Crippen LogP contribution in [0.15, 0.2) is 78.0 Å². The van der Waals surface area contributed by atoms with Crippen molar-refractivity contribution in [2.24, 2.45) is 7.05 Å². The topological polar surface area (TPSA) is 161 Å². The number of hydrogen-bond acceptors (Lipinski definition) is 10. The van der Waals surface area contributed by atoms with Crippen LogP contribution < -0.4 is 10.8 Å². The van der Waals surface area contributed by atoms with Gasteiger partial charge in [-0.15, -0.1) is 5.10 Å². The molecule has 0 spiro atoms. The van der Waals surface area contributed by atoms with Gasteiger partial charge in [0, 0.05) is 44.2 Å². The molecule has 1 fully saturated rings. The Labute approximate surface area is 271 Å². The molecular weight excluding hydrogens is 608 g/mol. The van der Waals surface area contributed by atoms with E-state index in [1.54, 1.807) is 17.2 Å². The third-order valence-corrected chi connectivity index (χ3v) is 8.91. The smallest absolute Gasteiger partial charge is 0.243 e. The largest absolute Gasteiger partial charge is 0.392 e. The van der Waals surface area contributed by atoms with Crippen molar-refractivity contribution in [2.75, 3.05) is 5.75 Å². The average Bonchev–Trinajstić information content (AvgIpc) is 3.52. The number of nitrogens with zero attached hydrogens (tertiary/aromatic N) is 4. The van der Waals surface area contributed by atoms with Gasteiger partial charge in [-0.25, -0.2) is 10.2 Å². The van der Waals surface area contributed by atoms with Crippen LogP contribution in [0, 0.1) is 0 Å². The van der Waals surface area contributed by atoms with E-state index in [4.69, 9.17) is 14.7 Å². The van der Waals surface area contributed by atoms with Crippen LogP contribution in [-0.2, 0) is 39.3 Å². The van der Waals surface area contributed by atoms with Gasteiger partial charge in [0.15, 0.2) is 6.29 Å². The Balaban J connectivity index is 1.26. The normalized spacial score (nSPS) is 17.8. The quantitative estimate of drug-likeness (QED) is 0.0670. The fourth-order valence-electron chi connectivity index (χ4n) is 5.22. The predicted octanol–water partition coefficient (Wildman–Crippen LogP) is 4.39. The second kappa shape index (κ2) is 16.4. The summed E-state index contributed by atoms with van der Waals surface area (Å²) in [5.74, 6) is 0.101. The van der Waals surface area contributed by atoms with Crippen LogP contribution >= 0.6 is 11.8 Å². The number of tetrazole rings is 1. The maximum atomic E-state index is 12.4. The number of aliphatic hydroxyl groups is 1. The summed E-state index contributed by atoms with van der Waals surface area (Å²) < 4.78 is 14.6. The highest BCUT2D eigenvalue weighted by Gasteiger charge is 2.32. The van der Waals surface area contributed by atoms with Gasteiger partial charge in [0.2, 0.25) is 17.0 Å². The fourth-order valence-corrected chi connectivity index (χ4v) is 6.09. The SMILES string of the molecule is Cn1nnnc1SC[C@H]1C[C@@H](c2ccc(CO)cc2)O[C@@H](c2ccc(-c3ccccc3CNC(=O)CCCCC(=O)NO)cc2)O1. The molecule has 4 N–H and O–H groups in total.